The molecule has 0 saturated heterocycles. The number of Topliss-reactive ketones (excluding diaryl/α,β-unsaturated/α-hetero) is 1. The van der Waals surface area contributed by atoms with E-state index in [4.69, 9.17) is 0 Å². The van der Waals surface area contributed by atoms with E-state index < -0.39 is 0 Å². The Morgan fingerprint density at radius 2 is 2.00 bits per heavy atom. The van der Waals surface area contributed by atoms with E-state index in [2.05, 4.69) is 11.9 Å². The number of aliphatic hydroxyl groups excluding tert-OH is 1. The summed E-state index contributed by atoms with van der Waals surface area (Å²) in [5.41, 5.74) is 0. The highest BCUT2D eigenvalue weighted by molar-refractivity contribution is 5.75. The van der Waals surface area contributed by atoms with Crippen molar-refractivity contribution in [3.63, 3.8) is 0 Å². The number of carbonyl (C=O) groups excluding carboxylic acids is 1. The SMILES string of the molecule is CC(=O)CCCCN(C)C1CCCCC1O. The van der Waals surface area contributed by atoms with Crippen LogP contribution in [0.3, 0.4) is 0 Å². The number of unbranched alkanes of at least 4 members (excludes halogenated alkanes) is 1. The Morgan fingerprint density at radius 1 is 1.31 bits per heavy atom. The maximum Gasteiger partial charge on any atom is 0.129 e. The van der Waals surface area contributed by atoms with Gasteiger partial charge in [-0.1, -0.05) is 12.8 Å². The lowest BCUT2D eigenvalue weighted by Crippen LogP contribution is -2.43. The number of hydrogen-bond donors (Lipinski definition) is 1. The van der Waals surface area contributed by atoms with Crippen LogP contribution in [0.15, 0.2) is 0 Å². The van der Waals surface area contributed by atoms with Crippen molar-refractivity contribution in [2.24, 2.45) is 0 Å². The number of rotatable bonds is 6. The van der Waals surface area contributed by atoms with Gasteiger partial charge in [-0.2, -0.15) is 0 Å². The molecule has 1 fully saturated rings. The predicted molar refractivity (Wildman–Crippen MR) is 65.4 cm³/mol. The molecule has 0 aromatic carbocycles. The molecule has 0 aromatic rings. The molecule has 3 heteroatoms. The topological polar surface area (TPSA) is 40.5 Å². The zero-order valence-corrected chi connectivity index (χ0v) is 10.6. The third kappa shape index (κ3) is 4.62. The Morgan fingerprint density at radius 3 is 2.62 bits per heavy atom. The normalized spacial score (nSPS) is 26.0. The molecule has 3 nitrogen and oxygen atoms in total. The largest absolute Gasteiger partial charge is 0.391 e. The van der Waals surface area contributed by atoms with Gasteiger partial charge in [0.15, 0.2) is 0 Å². The van der Waals surface area contributed by atoms with Gasteiger partial charge >= 0.3 is 0 Å². The Bertz CT molecular complexity index is 218. The number of carbonyl (C=O) groups is 1. The second-order valence-electron chi connectivity index (χ2n) is 5.06. The molecule has 0 aliphatic heterocycles. The van der Waals surface area contributed by atoms with Crippen LogP contribution in [0.25, 0.3) is 0 Å². The summed E-state index contributed by atoms with van der Waals surface area (Å²) in [6.45, 7) is 2.64. The summed E-state index contributed by atoms with van der Waals surface area (Å²) >= 11 is 0. The molecule has 0 heterocycles. The van der Waals surface area contributed by atoms with Crippen LogP contribution in [-0.4, -0.2) is 41.5 Å². The number of nitrogens with zero attached hydrogens (tertiary/aromatic N) is 1. The minimum absolute atomic E-state index is 0.147. The molecule has 1 aliphatic carbocycles. The van der Waals surface area contributed by atoms with Crippen LogP contribution in [0.1, 0.15) is 51.9 Å². The average molecular weight is 227 g/mol. The molecule has 2 atom stereocenters. The highest BCUT2D eigenvalue weighted by Crippen LogP contribution is 2.22. The van der Waals surface area contributed by atoms with E-state index >= 15 is 0 Å². The summed E-state index contributed by atoms with van der Waals surface area (Å²) in [4.78, 5) is 13.1. The fourth-order valence-corrected chi connectivity index (χ4v) is 2.51. The third-order valence-electron chi connectivity index (χ3n) is 3.55. The van der Waals surface area contributed by atoms with Gasteiger partial charge < -0.3 is 14.8 Å². The van der Waals surface area contributed by atoms with E-state index in [-0.39, 0.29) is 11.9 Å². The molecule has 0 amide bonds. The van der Waals surface area contributed by atoms with Crippen molar-refractivity contribution in [3.05, 3.63) is 0 Å². The minimum Gasteiger partial charge on any atom is -0.391 e. The Balaban J connectivity index is 2.17. The summed E-state index contributed by atoms with van der Waals surface area (Å²) in [5, 5.41) is 9.89. The van der Waals surface area contributed by atoms with E-state index in [0.717, 1.165) is 38.6 Å². The lowest BCUT2D eigenvalue weighted by molar-refractivity contribution is -0.117. The molecule has 1 aliphatic rings. The second kappa shape index (κ2) is 7.02. The van der Waals surface area contributed by atoms with Gasteiger partial charge in [-0.3, -0.25) is 0 Å². The van der Waals surface area contributed by atoms with Crippen molar-refractivity contribution in [3.8, 4) is 0 Å². The monoisotopic (exact) mass is 227 g/mol. The van der Waals surface area contributed by atoms with Gasteiger partial charge in [0.25, 0.3) is 0 Å². The first-order valence-electron chi connectivity index (χ1n) is 6.49. The molecule has 16 heavy (non-hydrogen) atoms. The molecule has 0 bridgehead atoms. The lowest BCUT2D eigenvalue weighted by Gasteiger charge is -2.35. The summed E-state index contributed by atoms with van der Waals surface area (Å²) in [6, 6.07) is 0.339. The molecule has 1 rings (SSSR count). The molecule has 94 valence electrons. The zero-order chi connectivity index (χ0) is 12.0. The van der Waals surface area contributed by atoms with Crippen molar-refractivity contribution in [2.75, 3.05) is 13.6 Å². The van der Waals surface area contributed by atoms with E-state index in [9.17, 15) is 9.90 Å². The molecular weight excluding hydrogens is 202 g/mol. The molecule has 0 aromatic heterocycles. The third-order valence-corrected chi connectivity index (χ3v) is 3.55. The first kappa shape index (κ1) is 13.7. The highest BCUT2D eigenvalue weighted by atomic mass is 16.3. The smallest absolute Gasteiger partial charge is 0.129 e. The highest BCUT2D eigenvalue weighted by Gasteiger charge is 2.25. The van der Waals surface area contributed by atoms with Crippen molar-refractivity contribution in [1.29, 1.82) is 0 Å². The van der Waals surface area contributed by atoms with Crippen molar-refractivity contribution >= 4 is 5.78 Å². The molecule has 0 radical (unpaired) electrons. The summed E-state index contributed by atoms with van der Waals surface area (Å²) in [6.07, 6.45) is 7.04. The molecule has 2 unspecified atom stereocenters. The number of hydrogen-bond acceptors (Lipinski definition) is 3. The van der Waals surface area contributed by atoms with Gasteiger partial charge in [0.1, 0.15) is 5.78 Å². The lowest BCUT2D eigenvalue weighted by atomic mass is 9.91. The Hall–Kier alpha value is -0.410. The van der Waals surface area contributed by atoms with E-state index in [0.29, 0.717) is 12.5 Å². The van der Waals surface area contributed by atoms with Crippen LogP contribution in [0, 0.1) is 0 Å². The molecule has 1 saturated carbocycles. The van der Waals surface area contributed by atoms with Crippen LogP contribution in [0.5, 0.6) is 0 Å². The van der Waals surface area contributed by atoms with Crippen LogP contribution in [-0.2, 0) is 4.79 Å². The molecule has 0 spiro atoms. The summed E-state index contributed by atoms with van der Waals surface area (Å²) in [7, 11) is 2.09. The van der Waals surface area contributed by atoms with Crippen LogP contribution < -0.4 is 0 Å². The van der Waals surface area contributed by atoms with Crippen LogP contribution >= 0.6 is 0 Å². The minimum atomic E-state index is -0.147. The molecule has 1 N–H and O–H groups in total. The quantitative estimate of drug-likeness (QED) is 0.705. The maximum absolute atomic E-state index is 10.8. The summed E-state index contributed by atoms with van der Waals surface area (Å²) in [5.74, 6) is 0.278. The van der Waals surface area contributed by atoms with Gasteiger partial charge in [-0.25, -0.2) is 0 Å². The number of aliphatic hydroxyl groups is 1. The van der Waals surface area contributed by atoms with E-state index in [1.807, 2.05) is 0 Å². The van der Waals surface area contributed by atoms with Crippen molar-refractivity contribution < 1.29 is 9.90 Å². The fraction of sp³-hybridized carbons (Fsp3) is 0.923. The van der Waals surface area contributed by atoms with E-state index in [1.54, 1.807) is 6.92 Å². The van der Waals surface area contributed by atoms with Gasteiger partial charge in [-0.15, -0.1) is 0 Å². The maximum atomic E-state index is 10.8. The van der Waals surface area contributed by atoms with E-state index in [1.165, 1.54) is 6.42 Å². The van der Waals surface area contributed by atoms with Crippen molar-refractivity contribution in [2.45, 2.75) is 64.0 Å². The standard InChI is InChI=1S/C13H25NO2/c1-11(15)7-5-6-10-14(2)12-8-3-4-9-13(12)16/h12-13,16H,3-10H2,1-2H3. The Labute approximate surface area is 98.8 Å². The number of likely N-dealkylation sites (N-methyl/N-ethyl adjacent to an activating group) is 1. The summed E-state index contributed by atoms with van der Waals surface area (Å²) < 4.78 is 0. The van der Waals surface area contributed by atoms with Gasteiger partial charge in [-0.05, 0) is 46.2 Å². The predicted octanol–water partition coefficient (Wildman–Crippen LogP) is 1.98. The van der Waals surface area contributed by atoms with Crippen LogP contribution in [0.2, 0.25) is 0 Å². The Kier molecular flexibility index (Phi) is 5.99. The molecular formula is C13H25NO2. The van der Waals surface area contributed by atoms with Crippen molar-refractivity contribution in [1.82, 2.24) is 4.90 Å². The van der Waals surface area contributed by atoms with Crippen LogP contribution in [0.4, 0.5) is 0 Å². The first-order chi connectivity index (χ1) is 7.61. The van der Waals surface area contributed by atoms with Gasteiger partial charge in [0.05, 0.1) is 6.10 Å². The van der Waals surface area contributed by atoms with Gasteiger partial charge in [0, 0.05) is 12.5 Å². The number of ketones is 1. The second-order valence-corrected chi connectivity index (χ2v) is 5.06. The fourth-order valence-electron chi connectivity index (χ4n) is 2.51. The van der Waals surface area contributed by atoms with Gasteiger partial charge in [0.2, 0.25) is 0 Å². The average Bonchev–Trinajstić information content (AvgIpc) is 2.24. The first-order valence-corrected chi connectivity index (χ1v) is 6.49. The zero-order valence-electron chi connectivity index (χ0n) is 10.6.